The van der Waals surface area contributed by atoms with Crippen molar-refractivity contribution in [1.29, 1.82) is 5.26 Å². The van der Waals surface area contributed by atoms with Crippen molar-refractivity contribution in [2.24, 2.45) is 0 Å². The monoisotopic (exact) mass is 427 g/mol. The number of hydrogen-bond donors (Lipinski definition) is 1. The second-order valence-corrected chi connectivity index (χ2v) is 7.71. The van der Waals surface area contributed by atoms with Crippen molar-refractivity contribution in [3.05, 3.63) is 88.3 Å². The molecule has 0 aliphatic carbocycles. The van der Waals surface area contributed by atoms with Gasteiger partial charge in [0.25, 0.3) is 5.56 Å². The van der Waals surface area contributed by atoms with Gasteiger partial charge in [-0.2, -0.15) is 5.26 Å². The number of aromatic nitrogens is 3. The first kappa shape index (κ1) is 20.3. The molecule has 0 saturated carbocycles. The van der Waals surface area contributed by atoms with Crippen molar-refractivity contribution in [1.82, 2.24) is 14.5 Å². The van der Waals surface area contributed by atoms with Gasteiger partial charge in [-0.3, -0.25) is 9.59 Å². The molecule has 2 aromatic heterocycles. The number of thioether (sulfide) groups is 1. The van der Waals surface area contributed by atoms with Gasteiger partial charge in [-0.05, 0) is 55.0 Å². The molecule has 8 heteroatoms. The van der Waals surface area contributed by atoms with E-state index in [-0.39, 0.29) is 17.2 Å². The highest BCUT2D eigenvalue weighted by molar-refractivity contribution is 7.99. The van der Waals surface area contributed by atoms with Crippen LogP contribution >= 0.6 is 11.8 Å². The summed E-state index contributed by atoms with van der Waals surface area (Å²) in [6, 6.07) is 19.4. The van der Waals surface area contributed by atoms with E-state index < -0.39 is 0 Å². The predicted octanol–water partition coefficient (Wildman–Crippen LogP) is 3.69. The van der Waals surface area contributed by atoms with Crippen LogP contribution < -0.4 is 10.9 Å². The van der Waals surface area contributed by atoms with Gasteiger partial charge in [-0.25, -0.2) is 14.5 Å². The molecule has 0 atom stereocenters. The quantitative estimate of drug-likeness (QED) is 0.385. The normalized spacial score (nSPS) is 10.6. The Morgan fingerprint density at radius 3 is 2.61 bits per heavy atom. The summed E-state index contributed by atoms with van der Waals surface area (Å²) in [7, 11) is 0. The fraction of sp³-hybridized carbons (Fsp3) is 0.0870. The van der Waals surface area contributed by atoms with Gasteiger partial charge >= 0.3 is 0 Å². The Morgan fingerprint density at radius 1 is 1.13 bits per heavy atom. The molecule has 152 valence electrons. The molecule has 0 aliphatic heterocycles. The molecule has 1 amide bonds. The van der Waals surface area contributed by atoms with E-state index in [9.17, 15) is 9.59 Å². The van der Waals surface area contributed by atoms with Crippen LogP contribution in [0.4, 0.5) is 5.69 Å². The standard InChI is InChI=1S/C23H17N5O2S/c1-15-6-11-20(25-13-15)28-22(30)18-4-2-3-5-19(18)27-23(28)31-14-21(29)26-17-9-7-16(12-24)8-10-17/h2-11,13H,14H2,1H3,(H,26,29). The van der Waals surface area contributed by atoms with Gasteiger partial charge in [0.05, 0.1) is 28.3 Å². The van der Waals surface area contributed by atoms with E-state index in [0.29, 0.717) is 33.1 Å². The van der Waals surface area contributed by atoms with Crippen LogP contribution in [-0.4, -0.2) is 26.2 Å². The first-order valence-corrected chi connectivity index (χ1v) is 10.4. The summed E-state index contributed by atoms with van der Waals surface area (Å²) in [5.74, 6) is 0.251. The summed E-state index contributed by atoms with van der Waals surface area (Å²) >= 11 is 1.16. The molecular formula is C23H17N5O2S. The summed E-state index contributed by atoms with van der Waals surface area (Å²) in [6.45, 7) is 1.92. The van der Waals surface area contributed by atoms with Crippen molar-refractivity contribution >= 4 is 34.3 Å². The van der Waals surface area contributed by atoms with Gasteiger partial charge < -0.3 is 5.32 Å². The Hall–Kier alpha value is -3.96. The van der Waals surface area contributed by atoms with E-state index in [1.807, 2.05) is 25.1 Å². The number of rotatable bonds is 5. The zero-order valence-electron chi connectivity index (χ0n) is 16.6. The number of benzene rings is 2. The van der Waals surface area contributed by atoms with E-state index in [1.54, 1.807) is 54.7 Å². The Morgan fingerprint density at radius 2 is 1.90 bits per heavy atom. The third kappa shape index (κ3) is 4.47. The number of amides is 1. The molecule has 0 fully saturated rings. The van der Waals surface area contributed by atoms with Gasteiger partial charge in [0.1, 0.15) is 5.82 Å². The SMILES string of the molecule is Cc1ccc(-n2c(SCC(=O)Nc3ccc(C#N)cc3)nc3ccccc3c2=O)nc1. The molecule has 0 bridgehead atoms. The second kappa shape index (κ2) is 8.81. The minimum Gasteiger partial charge on any atom is -0.325 e. The van der Waals surface area contributed by atoms with E-state index in [1.165, 1.54) is 4.57 Å². The lowest BCUT2D eigenvalue weighted by atomic mass is 10.2. The lowest BCUT2D eigenvalue weighted by Crippen LogP contribution is -2.23. The van der Waals surface area contributed by atoms with Crippen LogP contribution in [0.15, 0.2) is 76.8 Å². The molecule has 7 nitrogen and oxygen atoms in total. The van der Waals surface area contributed by atoms with Crippen LogP contribution in [0.1, 0.15) is 11.1 Å². The fourth-order valence-electron chi connectivity index (χ4n) is 2.96. The molecule has 0 unspecified atom stereocenters. The fourth-order valence-corrected chi connectivity index (χ4v) is 3.76. The number of fused-ring (bicyclic) bond motifs is 1. The van der Waals surface area contributed by atoms with E-state index in [2.05, 4.69) is 15.3 Å². The maximum Gasteiger partial charge on any atom is 0.267 e. The zero-order chi connectivity index (χ0) is 21.8. The van der Waals surface area contributed by atoms with Crippen molar-refractivity contribution in [2.75, 3.05) is 11.1 Å². The van der Waals surface area contributed by atoms with Crippen molar-refractivity contribution < 1.29 is 4.79 Å². The highest BCUT2D eigenvalue weighted by Crippen LogP contribution is 2.21. The van der Waals surface area contributed by atoms with Crippen LogP contribution in [0.5, 0.6) is 0 Å². The third-order valence-corrected chi connectivity index (χ3v) is 5.44. The summed E-state index contributed by atoms with van der Waals surface area (Å²) in [5.41, 5.74) is 2.40. The van der Waals surface area contributed by atoms with Crippen molar-refractivity contribution in [3.8, 4) is 11.9 Å². The Bertz CT molecular complexity index is 1360. The third-order valence-electron chi connectivity index (χ3n) is 4.50. The number of nitrogens with zero attached hydrogens (tertiary/aromatic N) is 4. The number of aryl methyl sites for hydroxylation is 1. The van der Waals surface area contributed by atoms with Crippen LogP contribution in [-0.2, 0) is 4.79 Å². The van der Waals surface area contributed by atoms with E-state index >= 15 is 0 Å². The van der Waals surface area contributed by atoms with Gasteiger partial charge in [0.2, 0.25) is 5.91 Å². The number of hydrogen-bond acceptors (Lipinski definition) is 6. The van der Waals surface area contributed by atoms with Crippen LogP contribution in [0.2, 0.25) is 0 Å². The highest BCUT2D eigenvalue weighted by Gasteiger charge is 2.15. The number of nitrogens with one attached hydrogen (secondary N) is 1. The number of pyridine rings is 1. The summed E-state index contributed by atoms with van der Waals surface area (Å²) < 4.78 is 1.43. The molecule has 31 heavy (non-hydrogen) atoms. The maximum absolute atomic E-state index is 13.2. The maximum atomic E-state index is 13.2. The van der Waals surface area contributed by atoms with Crippen molar-refractivity contribution in [3.63, 3.8) is 0 Å². The van der Waals surface area contributed by atoms with Crippen LogP contribution in [0.3, 0.4) is 0 Å². The number of carbonyl (C=O) groups is 1. The Balaban J connectivity index is 1.63. The van der Waals surface area contributed by atoms with Gasteiger partial charge in [0.15, 0.2) is 5.16 Å². The molecule has 1 N–H and O–H groups in total. The van der Waals surface area contributed by atoms with Crippen LogP contribution in [0.25, 0.3) is 16.7 Å². The predicted molar refractivity (Wildman–Crippen MR) is 120 cm³/mol. The number of carbonyl (C=O) groups excluding carboxylic acids is 1. The number of anilines is 1. The highest BCUT2D eigenvalue weighted by atomic mass is 32.2. The average Bonchev–Trinajstić information content (AvgIpc) is 2.79. The lowest BCUT2D eigenvalue weighted by Gasteiger charge is -2.12. The molecular weight excluding hydrogens is 410 g/mol. The smallest absolute Gasteiger partial charge is 0.267 e. The van der Waals surface area contributed by atoms with Crippen molar-refractivity contribution in [2.45, 2.75) is 12.1 Å². The zero-order valence-corrected chi connectivity index (χ0v) is 17.4. The lowest BCUT2D eigenvalue weighted by molar-refractivity contribution is -0.113. The number of para-hydroxylation sites is 1. The molecule has 2 aromatic carbocycles. The molecule has 0 saturated heterocycles. The Labute approximate surface area is 182 Å². The largest absolute Gasteiger partial charge is 0.325 e. The Kier molecular flexibility index (Phi) is 5.78. The molecule has 0 radical (unpaired) electrons. The average molecular weight is 427 g/mol. The molecule has 4 aromatic rings. The van der Waals surface area contributed by atoms with Gasteiger partial charge in [0, 0.05) is 11.9 Å². The second-order valence-electron chi connectivity index (χ2n) is 6.77. The molecule has 4 rings (SSSR count). The minimum atomic E-state index is -0.250. The van der Waals surface area contributed by atoms with E-state index in [4.69, 9.17) is 5.26 Å². The number of nitriles is 1. The minimum absolute atomic E-state index is 0.0522. The summed E-state index contributed by atoms with van der Waals surface area (Å²) in [5, 5.41) is 12.5. The van der Waals surface area contributed by atoms with Gasteiger partial charge in [-0.15, -0.1) is 0 Å². The van der Waals surface area contributed by atoms with Crippen LogP contribution in [0, 0.1) is 18.3 Å². The summed E-state index contributed by atoms with van der Waals surface area (Å²) in [6.07, 6.45) is 1.68. The summed E-state index contributed by atoms with van der Waals surface area (Å²) in [4.78, 5) is 34.6. The first-order chi connectivity index (χ1) is 15.0. The topological polar surface area (TPSA) is 101 Å². The first-order valence-electron chi connectivity index (χ1n) is 9.43. The van der Waals surface area contributed by atoms with Gasteiger partial charge in [-0.1, -0.05) is 30.0 Å². The van der Waals surface area contributed by atoms with E-state index in [0.717, 1.165) is 17.3 Å². The molecule has 0 aliphatic rings. The molecule has 0 spiro atoms. The molecule has 2 heterocycles.